The van der Waals surface area contributed by atoms with E-state index in [-0.39, 0.29) is 0 Å². The van der Waals surface area contributed by atoms with Crippen molar-refractivity contribution in [3.8, 4) is 0 Å². The van der Waals surface area contributed by atoms with Crippen LogP contribution in [0.1, 0.15) is 44.7 Å². The van der Waals surface area contributed by atoms with Crippen LogP contribution in [-0.4, -0.2) is 13.1 Å². The highest BCUT2D eigenvalue weighted by molar-refractivity contribution is 5.59. The summed E-state index contributed by atoms with van der Waals surface area (Å²) in [4.78, 5) is 2.53. The third-order valence-electron chi connectivity index (χ3n) is 3.35. The molecule has 0 saturated heterocycles. The highest BCUT2D eigenvalue weighted by atomic mass is 15.1. The average Bonchev–Trinajstić information content (AvgIpc) is 2.60. The van der Waals surface area contributed by atoms with Crippen molar-refractivity contribution in [2.24, 2.45) is 5.92 Å². The Balaban J connectivity index is 2.22. The first-order chi connectivity index (χ1) is 7.58. The Labute approximate surface area is 99.5 Å². The van der Waals surface area contributed by atoms with Gasteiger partial charge in [0.15, 0.2) is 0 Å². The second kappa shape index (κ2) is 4.48. The zero-order valence-corrected chi connectivity index (χ0v) is 11.0. The fourth-order valence-electron chi connectivity index (χ4n) is 2.48. The van der Waals surface area contributed by atoms with E-state index in [2.05, 4.69) is 50.8 Å². The number of nitrogens with zero attached hydrogens (tertiary/aromatic N) is 1. The molecule has 1 nitrogen and oxygen atoms in total. The van der Waals surface area contributed by atoms with E-state index in [0.717, 1.165) is 5.92 Å². The lowest BCUT2D eigenvalue weighted by Crippen LogP contribution is -2.25. The van der Waals surface area contributed by atoms with E-state index in [1.54, 1.807) is 5.56 Å². The molecular formula is C15H23N. The number of hydrogen-bond acceptors (Lipinski definition) is 1. The molecule has 0 spiro atoms. The summed E-state index contributed by atoms with van der Waals surface area (Å²) >= 11 is 0. The van der Waals surface area contributed by atoms with Gasteiger partial charge in [0.25, 0.3) is 0 Å². The van der Waals surface area contributed by atoms with Gasteiger partial charge >= 0.3 is 0 Å². The number of benzene rings is 1. The molecule has 1 aromatic rings. The lowest BCUT2D eigenvalue weighted by atomic mass is 10.00. The molecule has 0 aliphatic carbocycles. The van der Waals surface area contributed by atoms with E-state index < -0.39 is 0 Å². The molecule has 0 unspecified atom stereocenters. The van der Waals surface area contributed by atoms with Crippen molar-refractivity contribution in [1.82, 2.24) is 0 Å². The van der Waals surface area contributed by atoms with Gasteiger partial charge < -0.3 is 4.90 Å². The summed E-state index contributed by atoms with van der Waals surface area (Å²) in [7, 11) is 0. The van der Waals surface area contributed by atoms with E-state index in [4.69, 9.17) is 0 Å². The summed E-state index contributed by atoms with van der Waals surface area (Å²) in [6, 6.07) is 7.02. The normalized spacial score (nSPS) is 15.0. The van der Waals surface area contributed by atoms with E-state index in [0.29, 0.717) is 5.92 Å². The smallest absolute Gasteiger partial charge is 0.0399 e. The number of hydrogen-bond donors (Lipinski definition) is 0. The summed E-state index contributed by atoms with van der Waals surface area (Å²) in [6.45, 7) is 11.5. The van der Waals surface area contributed by atoms with Gasteiger partial charge in [0.1, 0.15) is 0 Å². The molecular weight excluding hydrogens is 194 g/mol. The zero-order chi connectivity index (χ0) is 11.7. The Morgan fingerprint density at radius 1 is 1.19 bits per heavy atom. The van der Waals surface area contributed by atoms with Gasteiger partial charge in [0.2, 0.25) is 0 Å². The van der Waals surface area contributed by atoms with Crippen LogP contribution in [0.4, 0.5) is 5.69 Å². The van der Waals surface area contributed by atoms with E-state index in [1.165, 1.54) is 30.8 Å². The monoisotopic (exact) mass is 217 g/mol. The molecule has 0 amide bonds. The van der Waals surface area contributed by atoms with Crippen molar-refractivity contribution in [1.29, 1.82) is 0 Å². The molecule has 0 N–H and O–H groups in total. The standard InChI is InChI=1S/C15H23N/c1-11(2)10-16-8-7-14-9-13(12(3)4)5-6-15(14)16/h5-6,9,11-12H,7-8,10H2,1-4H3. The van der Waals surface area contributed by atoms with Gasteiger partial charge in [-0.1, -0.05) is 39.8 Å². The Bertz CT molecular complexity index is 366. The molecule has 16 heavy (non-hydrogen) atoms. The van der Waals surface area contributed by atoms with Crippen molar-refractivity contribution in [3.63, 3.8) is 0 Å². The van der Waals surface area contributed by atoms with Crippen LogP contribution >= 0.6 is 0 Å². The van der Waals surface area contributed by atoms with Gasteiger partial charge in [-0.3, -0.25) is 0 Å². The van der Waals surface area contributed by atoms with Crippen LogP contribution in [0.2, 0.25) is 0 Å². The van der Waals surface area contributed by atoms with Crippen molar-refractivity contribution in [2.75, 3.05) is 18.0 Å². The fourth-order valence-corrected chi connectivity index (χ4v) is 2.48. The van der Waals surface area contributed by atoms with Gasteiger partial charge in [0.05, 0.1) is 0 Å². The summed E-state index contributed by atoms with van der Waals surface area (Å²) in [6.07, 6.45) is 1.22. The zero-order valence-electron chi connectivity index (χ0n) is 11.0. The van der Waals surface area contributed by atoms with Crippen molar-refractivity contribution < 1.29 is 0 Å². The Morgan fingerprint density at radius 2 is 1.94 bits per heavy atom. The lowest BCUT2D eigenvalue weighted by molar-refractivity contribution is 0.622. The van der Waals surface area contributed by atoms with Gasteiger partial charge in [-0.05, 0) is 35.4 Å². The molecule has 1 aliphatic rings. The van der Waals surface area contributed by atoms with Gasteiger partial charge in [-0.2, -0.15) is 0 Å². The minimum absolute atomic E-state index is 0.643. The molecule has 1 heterocycles. The molecule has 0 radical (unpaired) electrons. The Morgan fingerprint density at radius 3 is 2.56 bits per heavy atom. The molecule has 88 valence electrons. The first-order valence-corrected chi connectivity index (χ1v) is 6.45. The predicted molar refractivity (Wildman–Crippen MR) is 71.3 cm³/mol. The molecule has 0 aromatic heterocycles. The second-order valence-corrected chi connectivity index (χ2v) is 5.63. The molecule has 1 aliphatic heterocycles. The Hall–Kier alpha value is -0.980. The molecule has 1 aromatic carbocycles. The Kier molecular flexibility index (Phi) is 3.22. The maximum atomic E-state index is 2.53. The van der Waals surface area contributed by atoms with Crippen LogP contribution in [0.15, 0.2) is 18.2 Å². The summed E-state index contributed by atoms with van der Waals surface area (Å²) in [5.74, 6) is 1.39. The summed E-state index contributed by atoms with van der Waals surface area (Å²) in [5, 5.41) is 0. The minimum Gasteiger partial charge on any atom is -0.371 e. The quantitative estimate of drug-likeness (QED) is 0.744. The van der Waals surface area contributed by atoms with Crippen molar-refractivity contribution in [3.05, 3.63) is 29.3 Å². The van der Waals surface area contributed by atoms with Crippen molar-refractivity contribution in [2.45, 2.75) is 40.0 Å². The van der Waals surface area contributed by atoms with Gasteiger partial charge in [0, 0.05) is 18.8 Å². The first-order valence-electron chi connectivity index (χ1n) is 6.45. The molecule has 0 fully saturated rings. The first kappa shape index (κ1) is 11.5. The summed E-state index contributed by atoms with van der Waals surface area (Å²) < 4.78 is 0. The lowest BCUT2D eigenvalue weighted by Gasteiger charge is -2.22. The third kappa shape index (κ3) is 2.23. The maximum absolute atomic E-state index is 2.53. The summed E-state index contributed by atoms with van der Waals surface area (Å²) in [5.41, 5.74) is 4.50. The molecule has 2 rings (SSSR count). The molecule has 0 bridgehead atoms. The van der Waals surface area contributed by atoms with E-state index in [9.17, 15) is 0 Å². The fraction of sp³-hybridized carbons (Fsp3) is 0.600. The van der Waals surface area contributed by atoms with Crippen LogP contribution in [-0.2, 0) is 6.42 Å². The highest BCUT2D eigenvalue weighted by Gasteiger charge is 2.19. The molecule has 0 atom stereocenters. The SMILES string of the molecule is CC(C)CN1CCc2cc(C(C)C)ccc21. The number of rotatable bonds is 3. The maximum Gasteiger partial charge on any atom is 0.0399 e. The second-order valence-electron chi connectivity index (χ2n) is 5.63. The van der Waals surface area contributed by atoms with Crippen LogP contribution in [0, 0.1) is 5.92 Å². The topological polar surface area (TPSA) is 3.24 Å². The van der Waals surface area contributed by atoms with Crippen molar-refractivity contribution >= 4 is 5.69 Å². The minimum atomic E-state index is 0.643. The molecule has 1 heteroatoms. The van der Waals surface area contributed by atoms with Gasteiger partial charge in [-0.25, -0.2) is 0 Å². The predicted octanol–water partition coefficient (Wildman–Crippen LogP) is 3.83. The van der Waals surface area contributed by atoms with E-state index in [1.807, 2.05) is 0 Å². The highest BCUT2D eigenvalue weighted by Crippen LogP contribution is 2.31. The number of fused-ring (bicyclic) bond motifs is 1. The van der Waals surface area contributed by atoms with Crippen LogP contribution in [0.25, 0.3) is 0 Å². The van der Waals surface area contributed by atoms with E-state index >= 15 is 0 Å². The van der Waals surface area contributed by atoms with Crippen LogP contribution < -0.4 is 4.90 Å². The largest absolute Gasteiger partial charge is 0.371 e. The number of anilines is 1. The van der Waals surface area contributed by atoms with Gasteiger partial charge in [-0.15, -0.1) is 0 Å². The van der Waals surface area contributed by atoms with Crippen LogP contribution in [0.5, 0.6) is 0 Å². The van der Waals surface area contributed by atoms with Crippen LogP contribution in [0.3, 0.4) is 0 Å². The average molecular weight is 217 g/mol. The molecule has 0 saturated carbocycles. The third-order valence-corrected chi connectivity index (χ3v) is 3.35.